The third kappa shape index (κ3) is 4.07. The summed E-state index contributed by atoms with van der Waals surface area (Å²) in [6.45, 7) is 4.07. The van der Waals surface area contributed by atoms with Gasteiger partial charge < -0.3 is 14.3 Å². The van der Waals surface area contributed by atoms with Gasteiger partial charge in [-0.05, 0) is 42.3 Å². The van der Waals surface area contributed by atoms with E-state index in [1.165, 1.54) is 12.1 Å². The number of nitrogens with zero attached hydrogens (tertiary/aromatic N) is 2. The summed E-state index contributed by atoms with van der Waals surface area (Å²) in [7, 11) is 0. The van der Waals surface area contributed by atoms with Crippen molar-refractivity contribution in [1.29, 1.82) is 0 Å². The highest BCUT2D eigenvalue weighted by atomic mass is 19.1. The molecule has 2 unspecified atom stereocenters. The summed E-state index contributed by atoms with van der Waals surface area (Å²) < 4.78 is 26.2. The van der Waals surface area contributed by atoms with E-state index >= 15 is 0 Å². The molecule has 156 valence electrons. The number of aliphatic hydroxyl groups is 1. The predicted octanol–water partition coefficient (Wildman–Crippen LogP) is 4.47. The Labute approximate surface area is 173 Å². The Morgan fingerprint density at radius 3 is 2.67 bits per heavy atom. The first-order chi connectivity index (χ1) is 14.4. The highest BCUT2D eigenvalue weighted by Crippen LogP contribution is 2.34. The maximum Gasteiger partial charge on any atom is 0.309 e. The Hall–Kier alpha value is -3.19. The van der Waals surface area contributed by atoms with E-state index in [1.807, 2.05) is 19.9 Å². The molecule has 4 rings (SSSR count). The normalized spacial score (nSPS) is 19.6. The number of rotatable bonds is 5. The molecule has 0 amide bonds. The van der Waals surface area contributed by atoms with Crippen LogP contribution >= 0.6 is 0 Å². The Morgan fingerprint density at radius 2 is 2.03 bits per heavy atom. The fourth-order valence-corrected chi connectivity index (χ4v) is 3.60. The number of cyclic esters (lactones) is 1. The van der Waals surface area contributed by atoms with Gasteiger partial charge in [0.2, 0.25) is 5.88 Å². The molecule has 3 aromatic rings. The van der Waals surface area contributed by atoms with Crippen molar-refractivity contribution in [3.8, 4) is 17.1 Å². The number of benzene rings is 1. The van der Waals surface area contributed by atoms with Crippen LogP contribution < -0.4 is 0 Å². The van der Waals surface area contributed by atoms with E-state index in [9.17, 15) is 14.3 Å². The minimum atomic E-state index is -0.715. The van der Waals surface area contributed by atoms with Gasteiger partial charge in [0.05, 0.1) is 30.2 Å². The minimum absolute atomic E-state index is 0.0127. The third-order valence-corrected chi connectivity index (χ3v) is 5.00. The van der Waals surface area contributed by atoms with Crippen LogP contribution in [0.4, 0.5) is 4.39 Å². The molecular formula is C23H23FN2O4. The third-order valence-electron chi connectivity index (χ3n) is 5.00. The van der Waals surface area contributed by atoms with Crippen molar-refractivity contribution in [3.63, 3.8) is 0 Å². The summed E-state index contributed by atoms with van der Waals surface area (Å²) in [6.07, 6.45) is 4.32. The summed E-state index contributed by atoms with van der Waals surface area (Å²) in [6, 6.07) is 9.76. The van der Waals surface area contributed by atoms with Gasteiger partial charge in [0, 0.05) is 23.6 Å². The molecule has 1 fully saturated rings. The first-order valence-electron chi connectivity index (χ1n) is 9.91. The van der Waals surface area contributed by atoms with Gasteiger partial charge in [0.25, 0.3) is 0 Å². The Balaban J connectivity index is 1.84. The summed E-state index contributed by atoms with van der Waals surface area (Å²) in [5.74, 6) is -0.112. The van der Waals surface area contributed by atoms with Crippen molar-refractivity contribution in [2.75, 3.05) is 0 Å². The highest BCUT2D eigenvalue weighted by Gasteiger charge is 2.26. The van der Waals surface area contributed by atoms with E-state index in [0.717, 1.165) is 22.5 Å². The van der Waals surface area contributed by atoms with E-state index in [0.29, 0.717) is 12.3 Å². The average Bonchev–Trinajstić information content (AvgIpc) is 3.34. The lowest BCUT2D eigenvalue weighted by molar-refractivity contribution is -0.156. The number of hydrogen-bond acceptors (Lipinski definition) is 5. The first kappa shape index (κ1) is 20.1. The molecule has 6 nitrogen and oxygen atoms in total. The van der Waals surface area contributed by atoms with Gasteiger partial charge in [-0.2, -0.15) is 9.78 Å². The standard InChI is InChI=1S/C23H23FN2O4/c1-14(2)22-19(10-9-18-12-17(27)13-21(28)30-18)23(15-5-7-16(24)8-6-15)26(25-22)20-4-3-11-29-20/h3-11,14,17-18,27H,12-13H2,1-2H3/b10-9+. The molecule has 0 aliphatic carbocycles. The van der Waals surface area contributed by atoms with Gasteiger partial charge >= 0.3 is 5.97 Å². The highest BCUT2D eigenvalue weighted by molar-refractivity contribution is 5.76. The molecule has 0 bridgehead atoms. The Bertz CT molecular complexity index is 1050. The zero-order valence-corrected chi connectivity index (χ0v) is 16.8. The van der Waals surface area contributed by atoms with Crippen molar-refractivity contribution < 1.29 is 23.4 Å². The smallest absolute Gasteiger partial charge is 0.309 e. The van der Waals surface area contributed by atoms with E-state index in [-0.39, 0.29) is 18.2 Å². The van der Waals surface area contributed by atoms with Crippen LogP contribution in [0.15, 0.2) is 53.2 Å². The van der Waals surface area contributed by atoms with E-state index < -0.39 is 18.2 Å². The molecular weight excluding hydrogens is 387 g/mol. The van der Waals surface area contributed by atoms with Gasteiger partial charge in [0.1, 0.15) is 11.9 Å². The van der Waals surface area contributed by atoms with Crippen molar-refractivity contribution in [2.45, 2.75) is 44.8 Å². The summed E-state index contributed by atoms with van der Waals surface area (Å²) in [5, 5.41) is 14.6. The minimum Gasteiger partial charge on any atom is -0.458 e. The number of carbonyl (C=O) groups excluding carboxylic acids is 1. The lowest BCUT2D eigenvalue weighted by Gasteiger charge is -2.23. The topological polar surface area (TPSA) is 77.5 Å². The molecule has 1 aromatic carbocycles. The van der Waals surface area contributed by atoms with Gasteiger partial charge in [-0.15, -0.1) is 0 Å². The number of carbonyl (C=O) groups is 1. The second kappa shape index (κ2) is 8.28. The lowest BCUT2D eigenvalue weighted by atomic mass is 9.98. The fraction of sp³-hybridized carbons (Fsp3) is 0.304. The number of furan rings is 1. The molecule has 0 spiro atoms. The zero-order valence-electron chi connectivity index (χ0n) is 16.8. The first-order valence-corrected chi connectivity index (χ1v) is 9.91. The van der Waals surface area contributed by atoms with Crippen LogP contribution in [0, 0.1) is 5.82 Å². The van der Waals surface area contributed by atoms with Gasteiger partial charge in [0.15, 0.2) is 0 Å². The number of esters is 1. The van der Waals surface area contributed by atoms with Crippen LogP contribution in [-0.4, -0.2) is 33.1 Å². The molecule has 30 heavy (non-hydrogen) atoms. The van der Waals surface area contributed by atoms with Crippen LogP contribution in [0.3, 0.4) is 0 Å². The molecule has 2 aromatic heterocycles. The van der Waals surface area contributed by atoms with Crippen LogP contribution in [-0.2, 0) is 9.53 Å². The molecule has 3 heterocycles. The summed E-state index contributed by atoms with van der Waals surface area (Å²) in [4.78, 5) is 11.7. The van der Waals surface area contributed by atoms with Gasteiger partial charge in [-0.1, -0.05) is 19.9 Å². The SMILES string of the molecule is CC(C)c1nn(-c2ccco2)c(-c2ccc(F)cc2)c1/C=C/C1CC(O)CC(=O)O1. The summed E-state index contributed by atoms with van der Waals surface area (Å²) in [5.41, 5.74) is 3.16. The molecule has 0 saturated carbocycles. The predicted molar refractivity (Wildman–Crippen MR) is 109 cm³/mol. The molecule has 1 aliphatic rings. The molecule has 1 saturated heterocycles. The van der Waals surface area contributed by atoms with E-state index in [4.69, 9.17) is 14.3 Å². The average molecular weight is 410 g/mol. The molecule has 1 N–H and O–H groups in total. The number of aliphatic hydroxyl groups excluding tert-OH is 1. The lowest BCUT2D eigenvalue weighted by Crippen LogP contribution is -2.31. The molecule has 7 heteroatoms. The van der Waals surface area contributed by atoms with Crippen LogP contribution in [0.25, 0.3) is 23.2 Å². The van der Waals surface area contributed by atoms with Gasteiger partial charge in [-0.25, -0.2) is 4.39 Å². The van der Waals surface area contributed by atoms with Crippen molar-refractivity contribution in [1.82, 2.24) is 9.78 Å². The van der Waals surface area contributed by atoms with Crippen molar-refractivity contribution in [2.24, 2.45) is 0 Å². The van der Waals surface area contributed by atoms with Crippen LogP contribution in [0.5, 0.6) is 0 Å². The maximum atomic E-state index is 13.5. The van der Waals surface area contributed by atoms with Crippen molar-refractivity contribution in [3.05, 3.63) is 65.8 Å². The summed E-state index contributed by atoms with van der Waals surface area (Å²) >= 11 is 0. The van der Waals surface area contributed by atoms with Gasteiger partial charge in [-0.3, -0.25) is 4.79 Å². The van der Waals surface area contributed by atoms with Crippen molar-refractivity contribution >= 4 is 12.0 Å². The number of hydrogen-bond donors (Lipinski definition) is 1. The number of aromatic nitrogens is 2. The second-order valence-electron chi connectivity index (χ2n) is 7.65. The largest absolute Gasteiger partial charge is 0.458 e. The maximum absolute atomic E-state index is 13.5. The van der Waals surface area contributed by atoms with Crippen LogP contribution in [0.1, 0.15) is 43.9 Å². The second-order valence-corrected chi connectivity index (χ2v) is 7.65. The van der Waals surface area contributed by atoms with E-state index in [2.05, 4.69) is 0 Å². The molecule has 2 atom stereocenters. The quantitative estimate of drug-likeness (QED) is 0.628. The number of halogens is 1. The van der Waals surface area contributed by atoms with Crippen LogP contribution in [0.2, 0.25) is 0 Å². The Morgan fingerprint density at radius 1 is 1.27 bits per heavy atom. The molecule has 1 aliphatic heterocycles. The number of ether oxygens (including phenoxy) is 1. The Kier molecular flexibility index (Phi) is 5.55. The van der Waals surface area contributed by atoms with E-state index in [1.54, 1.807) is 41.3 Å². The fourth-order valence-electron chi connectivity index (χ4n) is 3.60. The molecule has 0 radical (unpaired) electrons. The monoisotopic (exact) mass is 410 g/mol. The zero-order chi connectivity index (χ0) is 21.3.